The zero-order valence-electron chi connectivity index (χ0n) is 15.8. The maximum Gasteiger partial charge on any atom is 0.573 e. The lowest BCUT2D eigenvalue weighted by molar-refractivity contribution is -0.274. The zero-order valence-corrected chi connectivity index (χ0v) is 16.7. The van der Waals surface area contributed by atoms with Crippen LogP contribution in [-0.4, -0.2) is 59.4 Å². The molecular formula is C19H17F3N4O3S. The molecular weight excluding hydrogens is 421 g/mol. The van der Waals surface area contributed by atoms with E-state index in [1.807, 2.05) is 0 Å². The van der Waals surface area contributed by atoms with Gasteiger partial charge in [-0.2, -0.15) is 5.26 Å². The van der Waals surface area contributed by atoms with E-state index in [0.717, 1.165) is 0 Å². The standard InChI is InChI=1S/C19H17F3N4O3S/c1-28-9-12-6-11(7-25(12)10-23)26-8-15-16(18(26)27)24-17(30-15)13-4-2-3-5-14(13)29-19(20,21)22/h2-5,11-12H,6-9H2,1H3/t11-,12+/m1/s1. The number of methoxy groups -OCH3 is 1. The van der Waals surface area contributed by atoms with Crippen molar-refractivity contribution in [3.8, 4) is 22.5 Å². The van der Waals surface area contributed by atoms with Gasteiger partial charge in [0.15, 0.2) is 6.19 Å². The highest BCUT2D eigenvalue weighted by Gasteiger charge is 2.42. The number of para-hydroxylation sites is 1. The molecule has 0 N–H and O–H groups in total. The number of nitriles is 1. The van der Waals surface area contributed by atoms with E-state index >= 15 is 0 Å². The molecule has 0 unspecified atom stereocenters. The molecule has 2 atom stereocenters. The molecule has 7 nitrogen and oxygen atoms in total. The van der Waals surface area contributed by atoms with E-state index in [1.165, 1.54) is 29.5 Å². The van der Waals surface area contributed by atoms with Crippen molar-refractivity contribution >= 4 is 17.2 Å². The summed E-state index contributed by atoms with van der Waals surface area (Å²) in [5, 5.41) is 9.61. The van der Waals surface area contributed by atoms with Gasteiger partial charge in [-0.15, -0.1) is 24.5 Å². The lowest BCUT2D eigenvalue weighted by Gasteiger charge is -2.22. The first-order chi connectivity index (χ1) is 14.3. The van der Waals surface area contributed by atoms with Crippen LogP contribution in [0.3, 0.4) is 0 Å². The Balaban J connectivity index is 1.55. The van der Waals surface area contributed by atoms with Gasteiger partial charge in [0.05, 0.1) is 35.7 Å². The van der Waals surface area contributed by atoms with E-state index < -0.39 is 6.36 Å². The molecule has 1 aromatic carbocycles. The summed E-state index contributed by atoms with van der Waals surface area (Å²) in [5.74, 6) is -0.632. The summed E-state index contributed by atoms with van der Waals surface area (Å²) in [6.45, 7) is 1.13. The minimum atomic E-state index is -4.82. The van der Waals surface area contributed by atoms with Crippen LogP contribution in [0.25, 0.3) is 10.6 Å². The number of hydrogen-bond acceptors (Lipinski definition) is 7. The molecule has 1 saturated heterocycles. The maximum absolute atomic E-state index is 12.9. The first-order valence-corrected chi connectivity index (χ1v) is 9.93. The number of rotatable bonds is 5. The molecule has 0 spiro atoms. The van der Waals surface area contributed by atoms with Crippen LogP contribution in [0.2, 0.25) is 0 Å². The molecule has 158 valence electrons. The third-order valence-corrected chi connectivity index (χ3v) is 6.21. The first-order valence-electron chi connectivity index (χ1n) is 9.12. The molecule has 4 rings (SSSR count). The Bertz CT molecular complexity index is 1000. The topological polar surface area (TPSA) is 78.7 Å². The van der Waals surface area contributed by atoms with Gasteiger partial charge in [-0.05, 0) is 18.6 Å². The third kappa shape index (κ3) is 3.80. The monoisotopic (exact) mass is 438 g/mol. The number of thiazole rings is 1. The predicted molar refractivity (Wildman–Crippen MR) is 100 cm³/mol. The average molecular weight is 438 g/mol. The van der Waals surface area contributed by atoms with Crippen LogP contribution < -0.4 is 4.74 Å². The summed E-state index contributed by atoms with van der Waals surface area (Å²) >= 11 is 1.17. The van der Waals surface area contributed by atoms with E-state index in [0.29, 0.717) is 36.0 Å². The fraction of sp³-hybridized carbons (Fsp3) is 0.421. The Hall–Kier alpha value is -2.84. The Morgan fingerprint density at radius 1 is 1.37 bits per heavy atom. The van der Waals surface area contributed by atoms with Crippen molar-refractivity contribution in [2.24, 2.45) is 0 Å². The Morgan fingerprint density at radius 3 is 2.80 bits per heavy atom. The highest BCUT2D eigenvalue weighted by molar-refractivity contribution is 7.15. The van der Waals surface area contributed by atoms with E-state index in [4.69, 9.17) is 4.74 Å². The van der Waals surface area contributed by atoms with Crippen LogP contribution in [0.5, 0.6) is 5.75 Å². The van der Waals surface area contributed by atoms with Crippen LogP contribution >= 0.6 is 11.3 Å². The van der Waals surface area contributed by atoms with E-state index in [2.05, 4.69) is 15.9 Å². The zero-order chi connectivity index (χ0) is 21.5. The SMILES string of the molecule is COC[C@@H]1C[C@@H](N2Cc3sc(-c4ccccc4OC(F)(F)F)nc3C2=O)CN1C#N. The molecule has 0 bridgehead atoms. The number of alkyl halides is 3. The molecule has 3 heterocycles. The highest BCUT2D eigenvalue weighted by Crippen LogP contribution is 2.40. The van der Waals surface area contributed by atoms with Crippen molar-refractivity contribution in [2.75, 3.05) is 20.3 Å². The quantitative estimate of drug-likeness (QED) is 0.667. The number of ether oxygens (including phenoxy) is 2. The fourth-order valence-corrected chi connectivity index (χ4v) is 4.93. The molecule has 0 radical (unpaired) electrons. The molecule has 0 saturated carbocycles. The summed E-state index contributed by atoms with van der Waals surface area (Å²) in [6.07, 6.45) is -2.08. The molecule has 2 aromatic rings. The summed E-state index contributed by atoms with van der Waals surface area (Å²) in [6, 6.07) is 5.48. The summed E-state index contributed by atoms with van der Waals surface area (Å²) in [5.41, 5.74) is 0.431. The second kappa shape index (κ2) is 7.77. The van der Waals surface area contributed by atoms with Crippen LogP contribution in [0.4, 0.5) is 13.2 Å². The molecule has 1 fully saturated rings. The van der Waals surface area contributed by atoms with Gasteiger partial charge in [0.25, 0.3) is 5.91 Å². The van der Waals surface area contributed by atoms with E-state index in [1.54, 1.807) is 23.0 Å². The summed E-state index contributed by atoms with van der Waals surface area (Å²) < 4.78 is 47.3. The number of fused-ring (bicyclic) bond motifs is 1. The van der Waals surface area contributed by atoms with Gasteiger partial charge < -0.3 is 19.3 Å². The summed E-state index contributed by atoms with van der Waals surface area (Å²) in [4.78, 5) is 21.2. The second-order valence-electron chi connectivity index (χ2n) is 7.02. The van der Waals surface area contributed by atoms with Gasteiger partial charge in [-0.3, -0.25) is 4.79 Å². The largest absolute Gasteiger partial charge is 0.573 e. The lowest BCUT2D eigenvalue weighted by Crippen LogP contribution is -2.37. The van der Waals surface area contributed by atoms with Gasteiger partial charge in [0.2, 0.25) is 0 Å². The number of carbonyl (C=O) groups is 1. The number of likely N-dealkylation sites (tertiary alicyclic amines) is 1. The maximum atomic E-state index is 12.9. The molecule has 2 aliphatic heterocycles. The number of halogens is 3. The lowest BCUT2D eigenvalue weighted by atomic mass is 10.1. The predicted octanol–water partition coefficient (Wildman–Crippen LogP) is 3.23. The number of nitrogens with zero attached hydrogens (tertiary/aromatic N) is 4. The van der Waals surface area contributed by atoms with Crippen molar-refractivity contribution in [1.29, 1.82) is 5.26 Å². The van der Waals surface area contributed by atoms with Gasteiger partial charge in [0, 0.05) is 13.7 Å². The van der Waals surface area contributed by atoms with Crippen LogP contribution in [-0.2, 0) is 11.3 Å². The van der Waals surface area contributed by atoms with Crippen molar-refractivity contribution in [1.82, 2.24) is 14.8 Å². The molecule has 11 heteroatoms. The summed E-state index contributed by atoms with van der Waals surface area (Å²) in [7, 11) is 1.56. The van der Waals surface area contributed by atoms with Gasteiger partial charge in [-0.1, -0.05) is 12.1 Å². The van der Waals surface area contributed by atoms with Crippen molar-refractivity contribution in [3.63, 3.8) is 0 Å². The van der Waals surface area contributed by atoms with Gasteiger partial charge in [0.1, 0.15) is 16.5 Å². The van der Waals surface area contributed by atoms with E-state index in [9.17, 15) is 23.2 Å². The number of benzene rings is 1. The number of aromatic nitrogens is 1. The van der Waals surface area contributed by atoms with Crippen molar-refractivity contribution < 1.29 is 27.4 Å². The number of carbonyl (C=O) groups excluding carboxylic acids is 1. The highest BCUT2D eigenvalue weighted by atomic mass is 32.1. The van der Waals surface area contributed by atoms with E-state index in [-0.39, 0.29) is 35.0 Å². The molecule has 2 aliphatic rings. The molecule has 0 aliphatic carbocycles. The number of amides is 1. The minimum absolute atomic E-state index is 0.0913. The van der Waals surface area contributed by atoms with Gasteiger partial charge >= 0.3 is 6.36 Å². The molecule has 1 amide bonds. The Labute approximate surface area is 174 Å². The molecule has 30 heavy (non-hydrogen) atoms. The fourth-order valence-electron chi connectivity index (χ4n) is 3.85. The average Bonchev–Trinajstić information content (AvgIpc) is 3.35. The van der Waals surface area contributed by atoms with Crippen LogP contribution in [0.15, 0.2) is 24.3 Å². The second-order valence-corrected chi connectivity index (χ2v) is 8.10. The van der Waals surface area contributed by atoms with Crippen LogP contribution in [0.1, 0.15) is 21.8 Å². The smallest absolute Gasteiger partial charge is 0.405 e. The third-order valence-electron chi connectivity index (χ3n) is 5.14. The molecule has 1 aromatic heterocycles. The first kappa shape index (κ1) is 20.4. The normalized spacial score (nSPS) is 21.1. The van der Waals surface area contributed by atoms with Crippen molar-refractivity contribution in [2.45, 2.75) is 31.4 Å². The number of hydrogen-bond donors (Lipinski definition) is 0. The van der Waals surface area contributed by atoms with Crippen molar-refractivity contribution in [3.05, 3.63) is 34.8 Å². The van der Waals surface area contributed by atoms with Gasteiger partial charge in [-0.25, -0.2) is 4.98 Å². The Morgan fingerprint density at radius 2 is 2.13 bits per heavy atom. The minimum Gasteiger partial charge on any atom is -0.405 e. The Kier molecular flexibility index (Phi) is 5.29. The van der Waals surface area contributed by atoms with Crippen LogP contribution in [0, 0.1) is 11.5 Å².